The summed E-state index contributed by atoms with van der Waals surface area (Å²) in [5, 5.41) is 13.5. The number of hydrogen-bond donors (Lipinski definition) is 6. The van der Waals surface area contributed by atoms with Gasteiger partial charge < -0.3 is 78.3 Å². The molecule has 4 aliphatic rings. The molecule has 39 nitrogen and oxygen atoms in total. The Labute approximate surface area is 658 Å². The predicted octanol–water partition coefficient (Wildman–Crippen LogP) is 4.52. The summed E-state index contributed by atoms with van der Waals surface area (Å²) in [6.45, 7) is 9.93. The Hall–Kier alpha value is -9.15. The lowest BCUT2D eigenvalue weighted by Crippen LogP contribution is -2.57. The highest BCUT2D eigenvalue weighted by atomic mass is 31.1. The standard InChI is InChI=1S/C73H97N13O26P2/c1-47(2)63(80-68(92)56(12-8-9-22-85-61(88)17-18-62(85)89)79-59(87)20-23-99-26-27-101-30-31-103-34-35-105-37-36-104-33-32-102-29-28-100-25-24-98-5)69(93)77-48(3)66(90)78-52-15-13-49(14-16-52)42-106-73(95)84(4)41-50-10-6-7-11-55(50)67(91)82-72-81-65-64(70(94)83-72)76-46-86(65)71-58-40-54(110-71)44-108-114(97)111-57-39-53(109-60-19-21-74-45-75-60)38-51(57)43-107-113(96)112-58/h6-7,10-11,13-19,21,45-48,51,53-54,56-58,63,71H,8-9,12,20,22-44H2,1-5H3,(H4-2,77,78,79,80,81,82,83,87,90,91,92,93,94)/p+2/t48-,51+,53+,54-,56-,57-,58+,63-,71+/m0/s1. The van der Waals surface area contributed by atoms with E-state index < -0.39 is 130 Å². The SMILES string of the molecule is COCCOCCOCCOCCOCCOCCOCCOCCC(=O)N[C@@H](CCCCN1C(=O)C=CC1=O)C(=O)N[C@H](C(=O)N[C@@H](C)C(=O)Nc1ccc(COC(=O)N(C)Cc2ccccc2C(=O)Nc2nc3c(ncn3[C@@H]3O[C@@H]4CO[P+](=O)O[C@H]5C[C@H](Oc6ccncn6)C[C@@H]5CO[P+](=O)O[C@@H]3C4)c(=O)[nH]2)cc1)C(C)C. The smallest absolute Gasteiger partial charge is 0.474 e. The summed E-state index contributed by atoms with van der Waals surface area (Å²) in [6, 6.07) is 11.0. The summed E-state index contributed by atoms with van der Waals surface area (Å²) in [5.41, 5.74) is 0.486. The zero-order chi connectivity index (χ0) is 81.1. The van der Waals surface area contributed by atoms with Crippen molar-refractivity contribution in [3.8, 4) is 5.88 Å². The average Bonchev–Trinajstić information content (AvgIpc) is 1.61. The average molecular weight is 1640 g/mol. The minimum Gasteiger partial charge on any atom is -0.474 e. The van der Waals surface area contributed by atoms with Gasteiger partial charge in [0, 0.05) is 97.2 Å². The van der Waals surface area contributed by atoms with E-state index in [0.29, 0.717) is 128 Å². The van der Waals surface area contributed by atoms with E-state index in [4.69, 9.17) is 70.2 Å². The van der Waals surface area contributed by atoms with Crippen molar-refractivity contribution in [1.82, 2.24) is 55.2 Å². The van der Waals surface area contributed by atoms with Crippen LogP contribution in [0.25, 0.3) is 11.2 Å². The van der Waals surface area contributed by atoms with Gasteiger partial charge in [0.15, 0.2) is 23.5 Å². The molecule has 6 heterocycles. The molecule has 3 fully saturated rings. The molecule has 1 aliphatic carbocycles. The van der Waals surface area contributed by atoms with E-state index in [-0.39, 0.29) is 94.7 Å². The molecule has 5 aromatic rings. The number of aromatic amines is 1. The monoisotopic (exact) mass is 1640 g/mol. The van der Waals surface area contributed by atoms with Crippen molar-refractivity contribution >= 4 is 86.8 Å². The number of methoxy groups -OCH3 is 1. The number of nitrogens with zero attached hydrogens (tertiary/aromatic N) is 7. The van der Waals surface area contributed by atoms with Crippen molar-refractivity contribution in [3.63, 3.8) is 0 Å². The van der Waals surface area contributed by atoms with Gasteiger partial charge in [0.05, 0.1) is 112 Å². The second kappa shape index (κ2) is 47.0. The topological polar surface area (TPSA) is 465 Å². The molecule has 8 amide bonds. The number of fused-ring (bicyclic) bond motifs is 4. The van der Waals surface area contributed by atoms with E-state index in [0.717, 1.165) is 4.90 Å². The first-order chi connectivity index (χ1) is 55.2. The molecule has 114 heavy (non-hydrogen) atoms. The van der Waals surface area contributed by atoms with Crippen LogP contribution in [-0.4, -0.2) is 262 Å². The van der Waals surface area contributed by atoms with Crippen LogP contribution >= 0.6 is 16.5 Å². The van der Waals surface area contributed by atoms with Crippen LogP contribution in [0.1, 0.15) is 93.4 Å². The number of imide groups is 1. The lowest BCUT2D eigenvalue weighted by Gasteiger charge is -2.26. The number of imidazole rings is 1. The molecule has 0 spiro atoms. The van der Waals surface area contributed by atoms with Gasteiger partial charge in [-0.15, -0.1) is 18.1 Å². The molecule has 41 heteroatoms. The van der Waals surface area contributed by atoms with Crippen LogP contribution in [-0.2, 0) is 117 Å². The lowest BCUT2D eigenvalue weighted by atomic mass is 10.0. The zero-order valence-electron chi connectivity index (χ0n) is 64.1. The van der Waals surface area contributed by atoms with Crippen LogP contribution < -0.4 is 36.9 Å². The van der Waals surface area contributed by atoms with Crippen LogP contribution in [0.15, 0.2) is 90.4 Å². The van der Waals surface area contributed by atoms with Gasteiger partial charge in [-0.05, 0) is 67.9 Å². The molecule has 11 atom stereocenters. The maximum atomic E-state index is 14.0. The summed E-state index contributed by atoms with van der Waals surface area (Å²) in [5.74, 6) is -4.91. The third-order valence-corrected chi connectivity index (χ3v) is 19.7. The Kier molecular flexibility index (Phi) is 36.6. The largest absolute Gasteiger partial charge is 0.697 e. The number of H-pyrrole nitrogens is 1. The number of hydrogen-bond acceptors (Lipinski definition) is 30. The van der Waals surface area contributed by atoms with Crippen molar-refractivity contribution in [2.75, 3.05) is 144 Å². The van der Waals surface area contributed by atoms with Crippen molar-refractivity contribution in [1.29, 1.82) is 0 Å². The molecule has 2 bridgehead atoms. The number of carbonyl (C=O) groups excluding carboxylic acids is 8. The second-order valence-corrected chi connectivity index (χ2v) is 28.8. The maximum absolute atomic E-state index is 14.0. The number of aromatic nitrogens is 6. The Morgan fingerprint density at radius 2 is 1.32 bits per heavy atom. The van der Waals surface area contributed by atoms with Crippen molar-refractivity contribution in [2.24, 2.45) is 11.8 Å². The van der Waals surface area contributed by atoms with Crippen LogP contribution in [0.3, 0.4) is 0 Å². The molecule has 2 aromatic carbocycles. The van der Waals surface area contributed by atoms with Gasteiger partial charge >= 0.3 is 22.6 Å². The number of nitrogens with one attached hydrogen (secondary N) is 6. The molecular weight excluding hydrogens is 1540 g/mol. The van der Waals surface area contributed by atoms with Crippen LogP contribution in [0.2, 0.25) is 0 Å². The van der Waals surface area contributed by atoms with Gasteiger partial charge in [-0.3, -0.25) is 58.1 Å². The molecule has 2 unspecified atom stereocenters. The summed E-state index contributed by atoms with van der Waals surface area (Å²) >= 11 is 0. The molecule has 6 N–H and O–H groups in total. The Morgan fingerprint density at radius 3 is 1.96 bits per heavy atom. The minimum atomic E-state index is -2.78. The normalized spacial score (nSPS) is 19.8. The quantitative estimate of drug-likeness (QED) is 0.0177. The highest BCUT2D eigenvalue weighted by Gasteiger charge is 2.49. The molecule has 3 aromatic heterocycles. The van der Waals surface area contributed by atoms with Crippen molar-refractivity contribution in [3.05, 3.63) is 113 Å². The van der Waals surface area contributed by atoms with E-state index >= 15 is 0 Å². The molecule has 2 saturated heterocycles. The Bertz CT molecular complexity index is 4070. The lowest BCUT2D eigenvalue weighted by molar-refractivity contribution is -0.137. The number of carbonyl (C=O) groups is 8. The number of unbranched alkanes of at least 4 members (excludes halogenated alkanes) is 1. The van der Waals surface area contributed by atoms with E-state index in [1.54, 1.807) is 69.5 Å². The van der Waals surface area contributed by atoms with Crippen LogP contribution in [0.5, 0.6) is 5.88 Å². The van der Waals surface area contributed by atoms with Crippen molar-refractivity contribution < 1.29 is 118 Å². The number of rotatable bonds is 46. The summed E-state index contributed by atoms with van der Waals surface area (Å²) in [7, 11) is -2.36. The maximum Gasteiger partial charge on any atom is 0.697 e. The Balaban J connectivity index is 0.685. The molecule has 3 aliphatic heterocycles. The number of anilines is 2. The van der Waals surface area contributed by atoms with Gasteiger partial charge in [-0.2, -0.15) is 4.98 Å². The van der Waals surface area contributed by atoms with Crippen LogP contribution in [0, 0.1) is 11.8 Å². The fraction of sp³-hybridized carbons (Fsp3) is 0.575. The summed E-state index contributed by atoms with van der Waals surface area (Å²) in [4.78, 5) is 142. The fourth-order valence-electron chi connectivity index (χ4n) is 12.1. The number of benzene rings is 2. The third kappa shape index (κ3) is 28.7. The van der Waals surface area contributed by atoms with Crippen molar-refractivity contribution in [2.45, 2.75) is 128 Å². The first-order valence-corrected chi connectivity index (χ1v) is 39.6. The van der Waals surface area contributed by atoms with E-state index in [9.17, 15) is 52.3 Å². The molecule has 1 saturated carbocycles. The van der Waals surface area contributed by atoms with Gasteiger partial charge in [0.1, 0.15) is 56.5 Å². The highest BCUT2D eigenvalue weighted by molar-refractivity contribution is 7.33. The predicted molar refractivity (Wildman–Crippen MR) is 402 cm³/mol. The minimum absolute atomic E-state index is 0.00876. The van der Waals surface area contributed by atoms with E-state index in [2.05, 4.69) is 51.5 Å². The third-order valence-electron chi connectivity index (χ3n) is 18.1. The summed E-state index contributed by atoms with van der Waals surface area (Å²) < 4.78 is 112. The zero-order valence-corrected chi connectivity index (χ0v) is 65.9. The van der Waals surface area contributed by atoms with Gasteiger partial charge in [0.2, 0.25) is 35.5 Å². The van der Waals surface area contributed by atoms with Gasteiger partial charge in [-0.1, -0.05) is 44.2 Å². The first kappa shape index (κ1) is 88.8. The first-order valence-electron chi connectivity index (χ1n) is 37.4. The highest BCUT2D eigenvalue weighted by Crippen LogP contribution is 2.44. The van der Waals surface area contributed by atoms with E-state index in [1.807, 2.05) is 0 Å². The number of amides is 8. The second-order valence-electron chi connectivity index (χ2n) is 26.9. The molecule has 0 radical (unpaired) electrons. The van der Waals surface area contributed by atoms with Crippen LogP contribution in [0.4, 0.5) is 16.4 Å². The molecular formula is C73H99N13O26P2+2. The summed E-state index contributed by atoms with van der Waals surface area (Å²) in [6.07, 6.45) is 3.25. The van der Waals surface area contributed by atoms with Gasteiger partial charge in [-0.25, -0.2) is 19.7 Å². The van der Waals surface area contributed by atoms with Gasteiger partial charge in [0.25, 0.3) is 23.3 Å². The van der Waals surface area contributed by atoms with E-state index in [1.165, 1.54) is 60.5 Å². The Morgan fingerprint density at radius 1 is 0.684 bits per heavy atom. The molecule has 9 rings (SSSR count). The molecule has 620 valence electrons. The fourth-order valence-corrected chi connectivity index (χ4v) is 13.7. The number of ether oxygens (including phenoxy) is 11.